The number of anilines is 1. The number of carboxylic acids is 1. The molecule has 0 fully saturated rings. The number of nitrogens with two attached hydrogens (primary N) is 1. The van der Waals surface area contributed by atoms with Gasteiger partial charge in [0.1, 0.15) is 46.1 Å². The van der Waals surface area contributed by atoms with Gasteiger partial charge in [0, 0.05) is 408 Å². The van der Waals surface area contributed by atoms with Crippen LogP contribution in [0.25, 0.3) is 56.1 Å². The maximum atomic E-state index is 14.9. The summed E-state index contributed by atoms with van der Waals surface area (Å²) in [5, 5.41) is 55.8. The molecule has 74 heteroatoms. The lowest BCUT2D eigenvalue weighted by molar-refractivity contribution is 0.0673. The highest BCUT2D eigenvalue weighted by atomic mass is 33.5. The highest BCUT2D eigenvalue weighted by Crippen LogP contribution is 2.31. The van der Waals surface area contributed by atoms with Crippen molar-refractivity contribution in [3.05, 3.63) is 289 Å². The summed E-state index contributed by atoms with van der Waals surface area (Å²) in [7, 11) is 63.7. The second kappa shape index (κ2) is 70.4. The van der Waals surface area contributed by atoms with Crippen LogP contribution in [-0.2, 0) is 375 Å². The normalized spacial score (nSPS) is 12.8. The molecule has 13 heterocycles. The first-order valence-electron chi connectivity index (χ1n) is 41.7. The Labute approximate surface area is 966 Å². The van der Waals surface area contributed by atoms with Crippen LogP contribution in [0, 0.1) is 42.3 Å². The topological polar surface area (TPSA) is 398 Å². The lowest BCUT2D eigenvalue weighted by atomic mass is 10.0. The fourth-order valence-corrected chi connectivity index (χ4v) is 106. The monoisotopic (exact) mass is 2750 g/mol. The number of halogens is 6. The number of carbonyl (C=O) groups is 3. The van der Waals surface area contributed by atoms with Crippen molar-refractivity contribution in [1.29, 1.82) is 0 Å². The summed E-state index contributed by atoms with van der Waals surface area (Å²) in [5.74, 6) is 4.10. The molecule has 0 saturated heterocycles. The average Bonchev–Trinajstić information content (AvgIpc) is 1.59. The zero-order valence-corrected chi connectivity index (χ0v) is 107. The van der Waals surface area contributed by atoms with E-state index in [2.05, 4.69) is 111 Å². The number of carbonyl (C=O) groups excluding carboxylic acids is 2. The van der Waals surface area contributed by atoms with Crippen LogP contribution in [0.15, 0.2) is 180 Å². The number of amides is 1. The van der Waals surface area contributed by atoms with Crippen molar-refractivity contribution < 1.29 is 50.2 Å². The van der Waals surface area contributed by atoms with E-state index in [1.165, 1.54) is 83.3 Å². The third-order valence-electron chi connectivity index (χ3n) is 18.6. The van der Waals surface area contributed by atoms with E-state index >= 15 is 0 Å². The first-order chi connectivity index (χ1) is 74.0. The number of H-pyrrole nitrogens is 2. The van der Waals surface area contributed by atoms with Gasteiger partial charge in [0.05, 0.1) is 70.9 Å². The average molecular weight is 2750 g/mol. The number of fused-ring (bicyclic) bond motifs is 5. The van der Waals surface area contributed by atoms with Crippen molar-refractivity contribution in [1.82, 2.24) is 110 Å². The Balaban J connectivity index is 0.000000208. The predicted molar refractivity (Wildman–Crippen MR) is 680 cm³/mol. The molecule has 0 aliphatic carbocycles. The fraction of sp³-hybridized carbons (Fsp3) is 0.197. The summed E-state index contributed by atoms with van der Waals surface area (Å²) in [6.45, 7) is 11.4. The van der Waals surface area contributed by atoms with Gasteiger partial charge in [-0.05, 0) is 124 Å². The molecule has 4 aromatic carbocycles. The Morgan fingerprint density at radius 3 is 1.13 bits per heavy atom. The van der Waals surface area contributed by atoms with Gasteiger partial charge in [-0.15, -0.1) is 30.6 Å². The minimum absolute atomic E-state index is 0. The van der Waals surface area contributed by atoms with Crippen LogP contribution in [0.4, 0.5) is 32.2 Å². The fourth-order valence-electron chi connectivity index (χ4n) is 12.9. The number of nitrogens with zero attached hydrogens (tertiary/aromatic N) is 18. The lowest BCUT2D eigenvalue weighted by Gasteiger charge is -2.32. The first-order valence-corrected chi connectivity index (χ1v) is 90.1. The third-order valence-corrected chi connectivity index (χ3v) is 96.3. The second-order valence-corrected chi connectivity index (χ2v) is 91.7. The van der Waals surface area contributed by atoms with E-state index in [1.807, 2.05) is 229 Å². The van der Waals surface area contributed by atoms with Crippen molar-refractivity contribution in [2.75, 3.05) is 25.1 Å². The molecule has 8 N–H and O–H groups in total. The Hall–Kier alpha value is -5.51. The van der Waals surface area contributed by atoms with E-state index in [4.69, 9.17) is 36.3 Å². The van der Waals surface area contributed by atoms with E-state index in [0.717, 1.165) is 36.5 Å². The summed E-state index contributed by atoms with van der Waals surface area (Å²) < 4.78 is 96.1. The number of nitrogen functional groups attached to an aromatic ring is 1. The van der Waals surface area contributed by atoms with Gasteiger partial charge in [-0.3, -0.25) is 24.2 Å². The van der Waals surface area contributed by atoms with Crippen molar-refractivity contribution in [3.63, 3.8) is 0 Å². The summed E-state index contributed by atoms with van der Waals surface area (Å²) in [4.78, 5) is 82.4. The van der Waals surface area contributed by atoms with Gasteiger partial charge in [-0.1, -0.05) is 72.8 Å². The van der Waals surface area contributed by atoms with Crippen LogP contribution in [0.2, 0.25) is 0 Å². The highest BCUT2D eigenvalue weighted by molar-refractivity contribution is 8.81. The molecule has 1 amide bonds. The molecular weight excluding hydrogens is 2680 g/mol. The van der Waals surface area contributed by atoms with Crippen molar-refractivity contribution >= 4 is 388 Å². The number of aldehydes is 1. The van der Waals surface area contributed by atoms with Crippen molar-refractivity contribution in [2.24, 2.45) is 5.84 Å². The zero-order valence-electron chi connectivity index (χ0n) is 77.5. The number of hydrazine groups is 1. The molecule has 802 valence electrons. The van der Waals surface area contributed by atoms with Crippen molar-refractivity contribution in [2.45, 2.75) is 78.3 Å². The largest absolute Gasteiger partial charge is 0.478 e. The molecule has 3 aliphatic rings. The molecule has 14 aromatic rings. The molecular formula is C76H72F6N24O6S38. The Bertz CT molecular complexity index is 9160. The van der Waals surface area contributed by atoms with Gasteiger partial charge < -0.3 is 39.8 Å². The standard InChI is InChI=1S/C27H21F2N7O2.C16H11FN2O3.2C11H12FN5.C6H4FNO.C5H8N4.S38.2H2/c1-15-13-35(14-24-32-33-25(36(15)24)21-7-4-8-23(29)30-21)27(38)19-11-16(9-10-20(19)28)12-22-17-5-2-3-6-18(17)26(37)34-31-22;17-13-6-5-9(7-12(13)16(21)22)8-14-10-3-1-2-4-11(10)15(20)19-18-14;2*1-7-5-13-6-10-15-16-11(17(7)10)8-3-2-4-9(12)14-8;7-6-3-1-2-5(4-9)8-6;1-4-2-7-3-5(8-4)9-6;1-3-5-7-9-11-13-15-17-19-21-23-25-27-29-31-33-35-37-38-36-34-32-30-28-26-24-22-20-18-16-14-12-10-8-6-4-2;;/h2-11,15H,12-14H2,1H3,(H,34,37);1-7H,8H2,(H,19,20)(H,21,22);2*2-4,7,13H,5-6H2,1H3;1-4H;2-3H,6H2,1H3,(H,8,9);;2*1H/i;;;;;;;1+1D;. The van der Waals surface area contributed by atoms with Gasteiger partial charge in [-0.2, -0.15) is 27.8 Å². The summed E-state index contributed by atoms with van der Waals surface area (Å²) >= 11 is 9.60. The maximum Gasteiger partial charge on any atom is 0.338 e. The van der Waals surface area contributed by atoms with Gasteiger partial charge in [0.25, 0.3) is 17.0 Å². The minimum Gasteiger partial charge on any atom is -0.478 e. The number of rotatable bonds is 11. The van der Waals surface area contributed by atoms with Crippen LogP contribution >= 0.6 is 0 Å². The summed E-state index contributed by atoms with van der Waals surface area (Å²) in [6, 6.07) is 40.5. The number of hydrogen-bond acceptors (Lipinski definition) is 25. The molecule has 3 aliphatic heterocycles. The Kier molecular flexibility index (Phi) is 57.7. The molecule has 150 heavy (non-hydrogen) atoms. The SMILES string of the molecule is CC1CN(C(=O)c2cc(Cc3n[nH]c(=O)c4ccccc34)ccc2F)Cc2nnc(-c3cccc(F)n3)n21.CC1CNCc2nnc(-c3cccc(F)n3)n21.CC1CNCc2nnc(-c3cccc(F)n3)n21.Cc1cncc(NN)n1.O=C(O)c1cc(Cc2n[nH]c(=O)c3ccccc23)ccc1F.O=Cc1cccc(F)n1.S=S=S=S=S=S=S=S=S=S=S=S=S=S=S=S=S=S=S=S=S=S=S=S=S=S=S=S=S=S=S=S=S=S=S=S=S=S.[2H][2H].[HH]. The van der Waals surface area contributed by atoms with E-state index in [9.17, 15) is 50.3 Å². The maximum absolute atomic E-state index is 14.9. The lowest BCUT2D eigenvalue weighted by Crippen LogP contribution is -2.41. The van der Waals surface area contributed by atoms with Gasteiger partial charge in [-0.25, -0.2) is 54.5 Å². The first kappa shape index (κ1) is 123. The van der Waals surface area contributed by atoms with Crippen LogP contribution in [0.1, 0.15) is 120 Å². The van der Waals surface area contributed by atoms with Gasteiger partial charge in [0.2, 0.25) is 23.8 Å². The molecule has 10 aromatic heterocycles. The number of aromatic carboxylic acids is 1. The molecule has 0 bridgehead atoms. The van der Waals surface area contributed by atoms with E-state index in [-0.39, 0.29) is 67.0 Å². The molecule has 17 rings (SSSR count). The number of nitrogens with one attached hydrogen (secondary N) is 5. The van der Waals surface area contributed by atoms with Crippen LogP contribution in [-0.4, -0.2) is 142 Å². The van der Waals surface area contributed by atoms with Crippen LogP contribution in [0.3, 0.4) is 0 Å². The zero-order chi connectivity index (χ0) is 109. The number of pyridine rings is 4. The number of aromatic amines is 2. The van der Waals surface area contributed by atoms with E-state index < -0.39 is 47.3 Å². The van der Waals surface area contributed by atoms with Gasteiger partial charge >= 0.3 is 5.97 Å². The van der Waals surface area contributed by atoms with E-state index in [1.54, 1.807) is 204 Å². The second-order valence-electron chi connectivity index (χ2n) is 28.0. The summed E-state index contributed by atoms with van der Waals surface area (Å²) in [5.41, 5.74) is 6.22. The summed E-state index contributed by atoms with van der Waals surface area (Å²) in [6.07, 6.45) is 4.32. The number of carboxylic acid groups (broad SMARTS) is 1. The Morgan fingerprint density at radius 1 is 0.447 bits per heavy atom. The number of aromatic nitrogens is 19. The van der Waals surface area contributed by atoms with Crippen LogP contribution in [0.5, 0.6) is 0 Å². The number of benzene rings is 4. The molecule has 3 unspecified atom stereocenters. The van der Waals surface area contributed by atoms with Gasteiger partial charge in [0.15, 0.2) is 35.4 Å². The third kappa shape index (κ3) is 42.0. The van der Waals surface area contributed by atoms with E-state index in [0.29, 0.717) is 116 Å². The molecule has 30 nitrogen and oxygen atoms in total. The smallest absolute Gasteiger partial charge is 0.338 e. The molecule has 0 saturated carbocycles. The quantitative estimate of drug-likeness (QED) is 0.0208. The minimum atomic E-state index is -1.32. The molecule has 3 atom stereocenters. The van der Waals surface area contributed by atoms with Crippen molar-refractivity contribution in [3.8, 4) is 34.6 Å². The number of aryl methyl sites for hydroxylation is 1. The molecule has 0 radical (unpaired) electrons. The van der Waals surface area contributed by atoms with Crippen LogP contribution < -0.4 is 33.0 Å². The number of hydrogen-bond donors (Lipinski definition) is 7. The highest BCUT2D eigenvalue weighted by Gasteiger charge is 2.33. The predicted octanol–water partition coefficient (Wildman–Crippen LogP) is 9.81. The molecule has 0 spiro atoms. The Morgan fingerprint density at radius 2 is 0.793 bits per heavy atom.